The van der Waals surface area contributed by atoms with Crippen molar-refractivity contribution in [1.29, 1.82) is 0 Å². The van der Waals surface area contributed by atoms with Crippen LogP contribution in [0.15, 0.2) is 35.1 Å². The molecular formula is C19H20N6O. The first kappa shape index (κ1) is 15.3. The molecule has 0 N–H and O–H groups in total. The summed E-state index contributed by atoms with van der Waals surface area (Å²) >= 11 is 0. The van der Waals surface area contributed by atoms with E-state index in [2.05, 4.69) is 49.7 Å². The van der Waals surface area contributed by atoms with E-state index in [1.807, 2.05) is 13.0 Å². The lowest BCUT2D eigenvalue weighted by Gasteiger charge is -2.34. The lowest BCUT2D eigenvalue weighted by atomic mass is 10.0. The van der Waals surface area contributed by atoms with Crippen molar-refractivity contribution in [3.05, 3.63) is 42.1 Å². The van der Waals surface area contributed by atoms with E-state index in [-0.39, 0.29) is 0 Å². The Morgan fingerprint density at radius 3 is 2.73 bits per heavy atom. The van der Waals surface area contributed by atoms with E-state index in [4.69, 9.17) is 9.51 Å². The summed E-state index contributed by atoms with van der Waals surface area (Å²) in [6.07, 6.45) is 3.66. The van der Waals surface area contributed by atoms with Crippen LogP contribution in [-0.2, 0) is 0 Å². The Morgan fingerprint density at radius 2 is 1.88 bits per heavy atom. The number of piperidine rings is 1. The highest BCUT2D eigenvalue weighted by molar-refractivity contribution is 5.87. The highest BCUT2D eigenvalue weighted by Gasteiger charge is 2.26. The summed E-state index contributed by atoms with van der Waals surface area (Å²) in [5, 5.41) is 4.96. The Hall–Kier alpha value is -2.96. The third-order valence-corrected chi connectivity index (χ3v) is 5.32. The number of para-hydroxylation sites is 2. The maximum atomic E-state index is 5.28. The number of nitrogens with zero attached hydrogens (tertiary/aromatic N) is 6. The van der Waals surface area contributed by atoms with E-state index in [0.29, 0.717) is 11.8 Å². The molecule has 1 aliphatic heterocycles. The molecule has 1 aromatic carbocycles. The number of aryl methyl sites for hydroxylation is 2. The number of fused-ring (bicyclic) bond motifs is 2. The summed E-state index contributed by atoms with van der Waals surface area (Å²) in [5.74, 6) is 2.02. The fraction of sp³-hybridized carbons (Fsp3) is 0.368. The summed E-state index contributed by atoms with van der Waals surface area (Å²) in [5.41, 5.74) is 3.70. The number of anilines is 1. The van der Waals surface area contributed by atoms with E-state index in [0.717, 1.165) is 54.2 Å². The molecular weight excluding hydrogens is 328 g/mol. The quantitative estimate of drug-likeness (QED) is 0.553. The van der Waals surface area contributed by atoms with Crippen LogP contribution in [0.1, 0.15) is 30.4 Å². The summed E-state index contributed by atoms with van der Waals surface area (Å²) in [7, 11) is 0. The minimum absolute atomic E-state index is 0.458. The van der Waals surface area contributed by atoms with Gasteiger partial charge in [-0.25, -0.2) is 9.97 Å². The van der Waals surface area contributed by atoms with Gasteiger partial charge in [0.25, 0.3) is 5.71 Å². The van der Waals surface area contributed by atoms with Gasteiger partial charge in [-0.1, -0.05) is 17.3 Å². The molecule has 0 unspecified atom stereocenters. The predicted molar refractivity (Wildman–Crippen MR) is 99.3 cm³/mol. The minimum atomic E-state index is 0.458. The first-order valence-corrected chi connectivity index (χ1v) is 8.98. The van der Waals surface area contributed by atoms with Crippen LogP contribution in [0.3, 0.4) is 0 Å². The molecule has 132 valence electrons. The minimum Gasteiger partial charge on any atom is -0.356 e. The topological polar surface area (TPSA) is 72.9 Å². The van der Waals surface area contributed by atoms with Crippen molar-refractivity contribution in [2.24, 2.45) is 0 Å². The SMILES string of the molecule is Cc1noc2ncnc(N3CCC(n4c(C)nc5ccccc54)CC3)c12. The van der Waals surface area contributed by atoms with Crippen LogP contribution in [0.2, 0.25) is 0 Å². The smallest absolute Gasteiger partial charge is 0.263 e. The van der Waals surface area contributed by atoms with Crippen LogP contribution >= 0.6 is 0 Å². The maximum Gasteiger partial charge on any atom is 0.263 e. The summed E-state index contributed by atoms with van der Waals surface area (Å²) < 4.78 is 7.68. The first-order chi connectivity index (χ1) is 12.7. The van der Waals surface area contributed by atoms with Crippen molar-refractivity contribution >= 4 is 28.0 Å². The molecule has 0 radical (unpaired) electrons. The van der Waals surface area contributed by atoms with Crippen molar-refractivity contribution in [2.75, 3.05) is 18.0 Å². The van der Waals surface area contributed by atoms with Crippen LogP contribution in [0, 0.1) is 13.8 Å². The molecule has 0 saturated carbocycles. The molecule has 0 atom stereocenters. The molecule has 4 heterocycles. The van der Waals surface area contributed by atoms with Gasteiger partial charge in [-0.3, -0.25) is 0 Å². The van der Waals surface area contributed by atoms with Crippen molar-refractivity contribution < 1.29 is 4.52 Å². The molecule has 0 aliphatic carbocycles. The van der Waals surface area contributed by atoms with Gasteiger partial charge >= 0.3 is 0 Å². The van der Waals surface area contributed by atoms with E-state index in [9.17, 15) is 0 Å². The van der Waals surface area contributed by atoms with Crippen LogP contribution in [0.25, 0.3) is 22.1 Å². The van der Waals surface area contributed by atoms with Gasteiger partial charge < -0.3 is 14.0 Å². The second-order valence-corrected chi connectivity index (χ2v) is 6.88. The average Bonchev–Trinajstić information content (AvgIpc) is 3.21. The molecule has 3 aromatic heterocycles. The van der Waals surface area contributed by atoms with Gasteiger partial charge in [0.15, 0.2) is 0 Å². The zero-order valence-electron chi connectivity index (χ0n) is 14.9. The van der Waals surface area contributed by atoms with Crippen molar-refractivity contribution in [1.82, 2.24) is 24.7 Å². The molecule has 5 rings (SSSR count). The third-order valence-electron chi connectivity index (χ3n) is 5.32. The third kappa shape index (κ3) is 2.27. The van der Waals surface area contributed by atoms with Gasteiger partial charge in [-0.2, -0.15) is 4.98 Å². The predicted octanol–water partition coefficient (Wildman–Crippen LogP) is 3.43. The van der Waals surface area contributed by atoms with Crippen molar-refractivity contribution in [3.63, 3.8) is 0 Å². The Balaban J connectivity index is 1.44. The highest BCUT2D eigenvalue weighted by atomic mass is 16.5. The van der Waals surface area contributed by atoms with E-state index < -0.39 is 0 Å². The number of benzene rings is 1. The number of aromatic nitrogens is 5. The maximum absolute atomic E-state index is 5.28. The molecule has 26 heavy (non-hydrogen) atoms. The van der Waals surface area contributed by atoms with Gasteiger partial charge in [0.05, 0.1) is 16.7 Å². The van der Waals surface area contributed by atoms with Gasteiger partial charge in [0.1, 0.15) is 23.4 Å². The Labute approximate surface area is 150 Å². The van der Waals surface area contributed by atoms with Crippen LogP contribution in [0.5, 0.6) is 0 Å². The van der Waals surface area contributed by atoms with Gasteiger partial charge in [0, 0.05) is 19.1 Å². The van der Waals surface area contributed by atoms with Crippen LogP contribution in [0.4, 0.5) is 5.82 Å². The fourth-order valence-electron chi connectivity index (χ4n) is 4.11. The van der Waals surface area contributed by atoms with Crippen molar-refractivity contribution in [3.8, 4) is 0 Å². The molecule has 7 heteroatoms. The second kappa shape index (κ2) is 5.79. The molecule has 4 aromatic rings. The lowest BCUT2D eigenvalue weighted by molar-refractivity contribution is 0.397. The Bertz CT molecular complexity index is 1090. The van der Waals surface area contributed by atoms with Crippen molar-refractivity contribution in [2.45, 2.75) is 32.7 Å². The standard InChI is InChI=1S/C19H20N6O/c1-12-17-18(20-11-21-19(17)26-23-12)24-9-7-14(8-10-24)25-13(2)22-15-5-3-4-6-16(15)25/h3-6,11,14H,7-10H2,1-2H3. The number of rotatable bonds is 2. The largest absolute Gasteiger partial charge is 0.356 e. The molecule has 1 fully saturated rings. The van der Waals surface area contributed by atoms with E-state index in [1.165, 1.54) is 5.52 Å². The average molecular weight is 348 g/mol. The zero-order chi connectivity index (χ0) is 17.7. The monoisotopic (exact) mass is 348 g/mol. The van der Waals surface area contributed by atoms with E-state index in [1.54, 1.807) is 6.33 Å². The number of imidazole rings is 1. The first-order valence-electron chi connectivity index (χ1n) is 8.98. The Kier molecular flexibility index (Phi) is 3.41. The van der Waals surface area contributed by atoms with Crippen LogP contribution in [-0.4, -0.2) is 37.8 Å². The highest BCUT2D eigenvalue weighted by Crippen LogP contribution is 2.33. The molecule has 1 saturated heterocycles. The molecule has 0 bridgehead atoms. The summed E-state index contributed by atoms with van der Waals surface area (Å²) in [6.45, 7) is 5.91. The number of hydrogen-bond acceptors (Lipinski definition) is 6. The van der Waals surface area contributed by atoms with E-state index >= 15 is 0 Å². The summed E-state index contributed by atoms with van der Waals surface area (Å²) in [4.78, 5) is 15.7. The van der Waals surface area contributed by atoms with Crippen LogP contribution < -0.4 is 4.90 Å². The lowest BCUT2D eigenvalue weighted by Crippen LogP contribution is -2.35. The molecule has 1 aliphatic rings. The number of hydrogen-bond donors (Lipinski definition) is 0. The molecule has 0 spiro atoms. The van der Waals surface area contributed by atoms with Gasteiger partial charge in [0.2, 0.25) is 0 Å². The second-order valence-electron chi connectivity index (χ2n) is 6.88. The van der Waals surface area contributed by atoms with Gasteiger partial charge in [-0.15, -0.1) is 0 Å². The fourth-order valence-corrected chi connectivity index (χ4v) is 4.11. The Morgan fingerprint density at radius 1 is 1.08 bits per heavy atom. The molecule has 7 nitrogen and oxygen atoms in total. The van der Waals surface area contributed by atoms with Gasteiger partial charge in [-0.05, 0) is 38.8 Å². The normalized spacial score (nSPS) is 16.0. The summed E-state index contributed by atoms with van der Waals surface area (Å²) in [6, 6.07) is 8.83. The zero-order valence-corrected chi connectivity index (χ0v) is 14.9. The molecule has 0 amide bonds.